The number of nitrogens with one attached hydrogen (secondary N) is 1. The minimum Gasteiger partial charge on any atom is -0.383 e. The highest BCUT2D eigenvalue weighted by molar-refractivity contribution is 5.95. The molecule has 2 amide bonds. The Hall–Kier alpha value is -1.63. The summed E-state index contributed by atoms with van der Waals surface area (Å²) in [6.45, 7) is 1.33. The van der Waals surface area contributed by atoms with Gasteiger partial charge in [-0.15, -0.1) is 12.4 Å². The number of carbonyl (C=O) groups excluding carboxylic acids is 2. The molecule has 0 aromatic heterocycles. The summed E-state index contributed by atoms with van der Waals surface area (Å²) in [6, 6.07) is 6.96. The van der Waals surface area contributed by atoms with Gasteiger partial charge in [-0.25, -0.2) is 0 Å². The van der Waals surface area contributed by atoms with Crippen LogP contribution < -0.4 is 16.0 Å². The molecule has 2 rings (SSSR count). The lowest BCUT2D eigenvalue weighted by molar-refractivity contribution is -0.123. The lowest BCUT2D eigenvalue weighted by Crippen LogP contribution is -2.43. The van der Waals surface area contributed by atoms with E-state index in [1.165, 1.54) is 7.11 Å². The maximum absolute atomic E-state index is 11.7. The molecule has 7 heteroatoms. The summed E-state index contributed by atoms with van der Waals surface area (Å²) < 4.78 is 4.85. The fraction of sp³-hybridized carbons (Fsp3) is 0.467. The van der Waals surface area contributed by atoms with Crippen LogP contribution in [0.15, 0.2) is 24.3 Å². The third kappa shape index (κ3) is 4.69. The SMILES string of the molecule is COCC(N)C(=O)NCc1cccc(N2CCCC2=O)c1.Cl. The molecule has 1 aliphatic heterocycles. The van der Waals surface area contributed by atoms with Crippen molar-refractivity contribution in [2.45, 2.75) is 25.4 Å². The van der Waals surface area contributed by atoms with Crippen molar-refractivity contribution < 1.29 is 14.3 Å². The number of ether oxygens (including phenoxy) is 1. The van der Waals surface area contributed by atoms with E-state index < -0.39 is 6.04 Å². The average molecular weight is 328 g/mol. The molecule has 22 heavy (non-hydrogen) atoms. The Labute approximate surface area is 136 Å². The van der Waals surface area contributed by atoms with Gasteiger partial charge < -0.3 is 20.7 Å². The fourth-order valence-electron chi connectivity index (χ4n) is 2.33. The van der Waals surface area contributed by atoms with Gasteiger partial charge in [0.05, 0.1) is 6.61 Å². The molecule has 1 aromatic carbocycles. The minimum absolute atomic E-state index is 0. The summed E-state index contributed by atoms with van der Waals surface area (Å²) in [7, 11) is 1.50. The fourth-order valence-corrected chi connectivity index (χ4v) is 2.33. The van der Waals surface area contributed by atoms with E-state index in [4.69, 9.17) is 10.5 Å². The van der Waals surface area contributed by atoms with Crippen LogP contribution in [0, 0.1) is 0 Å². The third-order valence-corrected chi connectivity index (χ3v) is 3.45. The molecule has 0 aliphatic carbocycles. The molecule has 1 aromatic rings. The predicted octanol–water partition coefficient (Wildman–Crippen LogP) is 0.825. The van der Waals surface area contributed by atoms with Crippen LogP contribution in [0.1, 0.15) is 18.4 Å². The monoisotopic (exact) mass is 327 g/mol. The number of methoxy groups -OCH3 is 1. The number of hydrogen-bond acceptors (Lipinski definition) is 4. The van der Waals surface area contributed by atoms with Crippen LogP contribution in [0.2, 0.25) is 0 Å². The molecule has 1 atom stereocenters. The van der Waals surface area contributed by atoms with Crippen LogP contribution in [0.3, 0.4) is 0 Å². The zero-order valence-corrected chi connectivity index (χ0v) is 13.4. The number of carbonyl (C=O) groups is 2. The lowest BCUT2D eigenvalue weighted by atomic mass is 10.2. The third-order valence-electron chi connectivity index (χ3n) is 3.45. The maximum atomic E-state index is 11.7. The van der Waals surface area contributed by atoms with E-state index in [9.17, 15) is 9.59 Å². The molecule has 6 nitrogen and oxygen atoms in total. The Balaban J connectivity index is 0.00000242. The van der Waals surface area contributed by atoms with Gasteiger partial charge in [-0.1, -0.05) is 12.1 Å². The standard InChI is InChI=1S/C15H21N3O3.ClH/c1-21-10-13(16)15(20)17-9-11-4-2-5-12(8-11)18-7-3-6-14(18)19;/h2,4-5,8,13H,3,6-7,9-10,16H2,1H3,(H,17,20);1H. The summed E-state index contributed by atoms with van der Waals surface area (Å²) in [6.07, 6.45) is 1.50. The van der Waals surface area contributed by atoms with Crippen LogP contribution in [0.25, 0.3) is 0 Å². The van der Waals surface area contributed by atoms with Gasteiger partial charge in [0.25, 0.3) is 0 Å². The second-order valence-corrected chi connectivity index (χ2v) is 5.10. The van der Waals surface area contributed by atoms with Gasteiger partial charge in [0.2, 0.25) is 11.8 Å². The Kier molecular flexibility index (Phi) is 7.31. The number of benzene rings is 1. The largest absolute Gasteiger partial charge is 0.383 e. The number of halogens is 1. The average Bonchev–Trinajstić information content (AvgIpc) is 2.91. The first-order valence-corrected chi connectivity index (χ1v) is 7.03. The molecule has 3 N–H and O–H groups in total. The lowest BCUT2D eigenvalue weighted by Gasteiger charge is -2.17. The maximum Gasteiger partial charge on any atom is 0.239 e. The van der Waals surface area contributed by atoms with Crippen molar-refractivity contribution in [2.24, 2.45) is 5.73 Å². The van der Waals surface area contributed by atoms with Crippen LogP contribution in [0.5, 0.6) is 0 Å². The number of nitrogens with two attached hydrogens (primary N) is 1. The first-order chi connectivity index (χ1) is 10.1. The summed E-state index contributed by atoms with van der Waals surface area (Å²) in [4.78, 5) is 25.2. The topological polar surface area (TPSA) is 84.7 Å². The van der Waals surface area contributed by atoms with Gasteiger partial charge in [-0.05, 0) is 24.1 Å². The van der Waals surface area contributed by atoms with Gasteiger partial charge in [0, 0.05) is 32.3 Å². The zero-order valence-electron chi connectivity index (χ0n) is 12.6. The molecule has 1 saturated heterocycles. The minimum atomic E-state index is -0.668. The van der Waals surface area contributed by atoms with Gasteiger partial charge >= 0.3 is 0 Å². The van der Waals surface area contributed by atoms with Crippen molar-refractivity contribution in [1.29, 1.82) is 0 Å². The molecule has 0 saturated carbocycles. The zero-order chi connectivity index (χ0) is 15.2. The van der Waals surface area contributed by atoms with Crippen LogP contribution in [-0.4, -0.2) is 38.1 Å². The molecule has 0 spiro atoms. The van der Waals surface area contributed by atoms with Crippen LogP contribution >= 0.6 is 12.4 Å². The van der Waals surface area contributed by atoms with Gasteiger partial charge in [0.15, 0.2) is 0 Å². The number of nitrogens with zero attached hydrogens (tertiary/aromatic N) is 1. The molecular formula is C15H22ClN3O3. The summed E-state index contributed by atoms with van der Waals surface area (Å²) in [5, 5.41) is 2.77. The summed E-state index contributed by atoms with van der Waals surface area (Å²) in [5.41, 5.74) is 7.46. The predicted molar refractivity (Wildman–Crippen MR) is 87.0 cm³/mol. The molecule has 1 heterocycles. The molecule has 1 fully saturated rings. The highest BCUT2D eigenvalue weighted by Gasteiger charge is 2.21. The van der Waals surface area contributed by atoms with Gasteiger partial charge in [-0.2, -0.15) is 0 Å². The number of rotatable bonds is 6. The molecule has 1 unspecified atom stereocenters. The second-order valence-electron chi connectivity index (χ2n) is 5.10. The van der Waals surface area contributed by atoms with E-state index in [1.54, 1.807) is 4.90 Å². The smallest absolute Gasteiger partial charge is 0.239 e. The van der Waals surface area contributed by atoms with Gasteiger partial charge in [-0.3, -0.25) is 9.59 Å². The van der Waals surface area contributed by atoms with Gasteiger partial charge in [0.1, 0.15) is 6.04 Å². The Bertz CT molecular complexity index is 525. The number of amides is 2. The van der Waals surface area contributed by atoms with Crippen molar-refractivity contribution >= 4 is 29.9 Å². The highest BCUT2D eigenvalue weighted by Crippen LogP contribution is 2.22. The molecular weight excluding hydrogens is 306 g/mol. The van der Waals surface area contributed by atoms with Crippen molar-refractivity contribution in [2.75, 3.05) is 25.2 Å². The van der Waals surface area contributed by atoms with Crippen LogP contribution in [0.4, 0.5) is 5.69 Å². The second kappa shape index (κ2) is 8.73. The number of anilines is 1. The van der Waals surface area contributed by atoms with E-state index in [-0.39, 0.29) is 30.8 Å². The van der Waals surface area contributed by atoms with Crippen molar-refractivity contribution in [3.8, 4) is 0 Å². The van der Waals surface area contributed by atoms with E-state index in [0.717, 1.165) is 24.2 Å². The molecule has 1 aliphatic rings. The Morgan fingerprint density at radius 3 is 2.91 bits per heavy atom. The molecule has 0 bridgehead atoms. The quantitative estimate of drug-likeness (QED) is 0.810. The number of hydrogen-bond donors (Lipinski definition) is 2. The molecule has 122 valence electrons. The van der Waals surface area contributed by atoms with Crippen molar-refractivity contribution in [3.63, 3.8) is 0 Å². The van der Waals surface area contributed by atoms with Crippen molar-refractivity contribution in [1.82, 2.24) is 5.32 Å². The summed E-state index contributed by atoms with van der Waals surface area (Å²) in [5.74, 6) is -0.0993. The van der Waals surface area contributed by atoms with E-state index in [0.29, 0.717) is 13.0 Å². The molecule has 0 radical (unpaired) electrons. The Morgan fingerprint density at radius 1 is 1.50 bits per heavy atom. The van der Waals surface area contributed by atoms with Crippen LogP contribution in [-0.2, 0) is 20.9 Å². The van der Waals surface area contributed by atoms with E-state index >= 15 is 0 Å². The highest BCUT2D eigenvalue weighted by atomic mass is 35.5. The Morgan fingerprint density at radius 2 is 2.27 bits per heavy atom. The van der Waals surface area contributed by atoms with E-state index in [1.807, 2.05) is 24.3 Å². The first kappa shape index (κ1) is 18.4. The first-order valence-electron chi connectivity index (χ1n) is 7.03. The van der Waals surface area contributed by atoms with Crippen molar-refractivity contribution in [3.05, 3.63) is 29.8 Å². The normalized spacial score (nSPS) is 15.4. The van der Waals surface area contributed by atoms with E-state index in [2.05, 4.69) is 5.32 Å². The summed E-state index contributed by atoms with van der Waals surface area (Å²) >= 11 is 0.